The highest BCUT2D eigenvalue weighted by molar-refractivity contribution is 5.38. The Hall–Kier alpha value is -1.94. The summed E-state index contributed by atoms with van der Waals surface area (Å²) < 4.78 is 16.0. The fraction of sp³-hybridized carbons (Fsp3) is 0.333. The van der Waals surface area contributed by atoms with Crippen LogP contribution in [0.15, 0.2) is 34.7 Å². The zero-order valence-electron chi connectivity index (χ0n) is 11.5. The van der Waals surface area contributed by atoms with Crippen molar-refractivity contribution in [3.63, 3.8) is 0 Å². The van der Waals surface area contributed by atoms with Crippen LogP contribution in [0.4, 0.5) is 0 Å². The fourth-order valence-corrected chi connectivity index (χ4v) is 1.88. The monoisotopic (exact) mass is 261 g/mol. The Bertz CT molecular complexity index is 512. The minimum absolute atomic E-state index is 0.702. The number of methoxy groups -OCH3 is 2. The number of rotatable bonds is 6. The van der Waals surface area contributed by atoms with Crippen molar-refractivity contribution >= 4 is 0 Å². The maximum Gasteiger partial charge on any atom is 0.122 e. The third-order valence-electron chi connectivity index (χ3n) is 2.84. The van der Waals surface area contributed by atoms with E-state index in [-0.39, 0.29) is 0 Å². The minimum Gasteiger partial charge on any atom is -0.497 e. The van der Waals surface area contributed by atoms with E-state index in [1.54, 1.807) is 14.2 Å². The second-order valence-electron chi connectivity index (χ2n) is 4.34. The summed E-state index contributed by atoms with van der Waals surface area (Å²) in [4.78, 5) is 0. The van der Waals surface area contributed by atoms with Gasteiger partial charge in [-0.2, -0.15) is 0 Å². The molecule has 0 fully saturated rings. The molecule has 0 unspecified atom stereocenters. The van der Waals surface area contributed by atoms with Gasteiger partial charge in [-0.05, 0) is 36.8 Å². The number of hydrogen-bond donors (Lipinski definition) is 1. The number of benzene rings is 1. The van der Waals surface area contributed by atoms with Crippen LogP contribution in [0.2, 0.25) is 0 Å². The lowest BCUT2D eigenvalue weighted by Crippen LogP contribution is -2.12. The van der Waals surface area contributed by atoms with E-state index in [2.05, 4.69) is 5.32 Å². The first kappa shape index (κ1) is 13.5. The maximum atomic E-state index is 5.50. The van der Waals surface area contributed by atoms with Crippen LogP contribution in [0.25, 0.3) is 0 Å². The molecule has 0 aliphatic rings. The van der Waals surface area contributed by atoms with Gasteiger partial charge >= 0.3 is 0 Å². The number of ether oxygens (including phenoxy) is 2. The first-order valence-electron chi connectivity index (χ1n) is 6.19. The molecule has 0 saturated heterocycles. The first-order chi connectivity index (χ1) is 9.21. The molecule has 0 spiro atoms. The molecule has 1 aromatic heterocycles. The Balaban J connectivity index is 1.95. The molecule has 0 bridgehead atoms. The van der Waals surface area contributed by atoms with Crippen molar-refractivity contribution in [1.82, 2.24) is 5.32 Å². The number of nitrogens with one attached hydrogen (secondary N) is 1. The highest BCUT2D eigenvalue weighted by Crippen LogP contribution is 2.22. The van der Waals surface area contributed by atoms with Crippen LogP contribution in [0.1, 0.15) is 17.1 Å². The van der Waals surface area contributed by atoms with E-state index >= 15 is 0 Å². The van der Waals surface area contributed by atoms with Crippen LogP contribution in [0, 0.1) is 6.92 Å². The van der Waals surface area contributed by atoms with Crippen molar-refractivity contribution in [1.29, 1.82) is 0 Å². The van der Waals surface area contributed by atoms with Crippen LogP contribution >= 0.6 is 0 Å². The maximum absolute atomic E-state index is 5.50. The smallest absolute Gasteiger partial charge is 0.122 e. The Morgan fingerprint density at radius 2 is 1.68 bits per heavy atom. The number of aryl methyl sites for hydroxylation is 1. The summed E-state index contributed by atoms with van der Waals surface area (Å²) in [6.45, 7) is 3.37. The van der Waals surface area contributed by atoms with Gasteiger partial charge in [0, 0.05) is 12.6 Å². The minimum atomic E-state index is 0.702. The van der Waals surface area contributed by atoms with E-state index in [0.717, 1.165) is 35.1 Å². The quantitative estimate of drug-likeness (QED) is 0.868. The van der Waals surface area contributed by atoms with Crippen LogP contribution < -0.4 is 14.8 Å². The van der Waals surface area contributed by atoms with Crippen LogP contribution in [0.5, 0.6) is 11.5 Å². The lowest BCUT2D eigenvalue weighted by Gasteiger charge is -2.09. The Labute approximate surface area is 113 Å². The molecule has 0 radical (unpaired) electrons. The summed E-state index contributed by atoms with van der Waals surface area (Å²) in [6.07, 6.45) is 0. The van der Waals surface area contributed by atoms with Crippen molar-refractivity contribution in [2.75, 3.05) is 14.2 Å². The summed E-state index contributed by atoms with van der Waals surface area (Å²) in [7, 11) is 3.30. The van der Waals surface area contributed by atoms with Gasteiger partial charge in [0.15, 0.2) is 0 Å². The molecule has 0 aliphatic heterocycles. The summed E-state index contributed by atoms with van der Waals surface area (Å²) in [5.41, 5.74) is 1.11. The van der Waals surface area contributed by atoms with Gasteiger partial charge in [-0.25, -0.2) is 0 Å². The van der Waals surface area contributed by atoms with Gasteiger partial charge in [0.25, 0.3) is 0 Å². The Morgan fingerprint density at radius 3 is 2.21 bits per heavy atom. The van der Waals surface area contributed by atoms with Gasteiger partial charge in [-0.15, -0.1) is 0 Å². The predicted octanol–water partition coefficient (Wildman–Crippen LogP) is 2.90. The Morgan fingerprint density at radius 1 is 1.00 bits per heavy atom. The molecule has 19 heavy (non-hydrogen) atoms. The van der Waals surface area contributed by atoms with E-state index in [9.17, 15) is 0 Å². The molecular weight excluding hydrogens is 242 g/mol. The molecule has 0 amide bonds. The van der Waals surface area contributed by atoms with Gasteiger partial charge in [0.1, 0.15) is 23.0 Å². The van der Waals surface area contributed by atoms with Gasteiger partial charge in [0.2, 0.25) is 0 Å². The highest BCUT2D eigenvalue weighted by Gasteiger charge is 2.03. The molecule has 4 heteroatoms. The predicted molar refractivity (Wildman–Crippen MR) is 73.5 cm³/mol. The summed E-state index contributed by atoms with van der Waals surface area (Å²) in [5.74, 6) is 3.46. The lowest BCUT2D eigenvalue weighted by atomic mass is 10.2. The van der Waals surface area contributed by atoms with E-state index in [4.69, 9.17) is 13.9 Å². The molecule has 1 aromatic carbocycles. The zero-order valence-corrected chi connectivity index (χ0v) is 11.5. The average molecular weight is 261 g/mol. The molecule has 2 aromatic rings. The van der Waals surface area contributed by atoms with E-state index in [1.807, 2.05) is 37.3 Å². The molecular formula is C15H19NO3. The average Bonchev–Trinajstić information content (AvgIpc) is 2.84. The molecule has 0 aliphatic carbocycles. The summed E-state index contributed by atoms with van der Waals surface area (Å²) in [6, 6.07) is 9.78. The lowest BCUT2D eigenvalue weighted by molar-refractivity contribution is 0.393. The molecule has 2 rings (SSSR count). The molecule has 102 valence electrons. The van der Waals surface area contributed by atoms with Gasteiger partial charge in [0.05, 0.1) is 20.8 Å². The van der Waals surface area contributed by atoms with Crippen molar-refractivity contribution in [3.8, 4) is 11.5 Å². The Kier molecular flexibility index (Phi) is 4.47. The number of hydrogen-bond acceptors (Lipinski definition) is 4. The molecule has 4 nitrogen and oxygen atoms in total. The third kappa shape index (κ3) is 3.76. The number of furan rings is 1. The van der Waals surface area contributed by atoms with Crippen LogP contribution in [0.3, 0.4) is 0 Å². The fourth-order valence-electron chi connectivity index (χ4n) is 1.88. The standard InChI is InChI=1S/C15H19NO3/c1-11-4-5-13(19-11)10-16-9-12-6-14(17-2)8-15(7-12)18-3/h4-8,16H,9-10H2,1-3H3. The van der Waals surface area contributed by atoms with E-state index in [1.165, 1.54) is 0 Å². The molecule has 0 atom stereocenters. The van der Waals surface area contributed by atoms with Crippen LogP contribution in [-0.2, 0) is 13.1 Å². The largest absolute Gasteiger partial charge is 0.497 e. The second-order valence-corrected chi connectivity index (χ2v) is 4.34. The zero-order chi connectivity index (χ0) is 13.7. The normalized spacial score (nSPS) is 10.5. The van der Waals surface area contributed by atoms with Gasteiger partial charge < -0.3 is 19.2 Å². The second kappa shape index (κ2) is 6.29. The molecule has 1 heterocycles. The van der Waals surface area contributed by atoms with Gasteiger partial charge in [-0.3, -0.25) is 0 Å². The molecule has 1 N–H and O–H groups in total. The molecule has 0 saturated carbocycles. The SMILES string of the molecule is COc1cc(CNCc2ccc(C)o2)cc(OC)c1. The van der Waals surface area contributed by atoms with E-state index < -0.39 is 0 Å². The summed E-state index contributed by atoms with van der Waals surface area (Å²) in [5, 5.41) is 3.33. The van der Waals surface area contributed by atoms with E-state index in [0.29, 0.717) is 6.54 Å². The van der Waals surface area contributed by atoms with Crippen molar-refractivity contribution in [2.24, 2.45) is 0 Å². The topological polar surface area (TPSA) is 43.6 Å². The van der Waals surface area contributed by atoms with Crippen molar-refractivity contribution in [2.45, 2.75) is 20.0 Å². The van der Waals surface area contributed by atoms with Crippen LogP contribution in [-0.4, -0.2) is 14.2 Å². The first-order valence-corrected chi connectivity index (χ1v) is 6.19. The van der Waals surface area contributed by atoms with Crippen molar-refractivity contribution in [3.05, 3.63) is 47.4 Å². The third-order valence-corrected chi connectivity index (χ3v) is 2.84. The highest BCUT2D eigenvalue weighted by atomic mass is 16.5. The van der Waals surface area contributed by atoms with Gasteiger partial charge in [-0.1, -0.05) is 0 Å². The van der Waals surface area contributed by atoms with Crippen molar-refractivity contribution < 1.29 is 13.9 Å². The summed E-state index contributed by atoms with van der Waals surface area (Å²) >= 11 is 0.